The molecule has 1 unspecified atom stereocenters. The van der Waals surface area contributed by atoms with Gasteiger partial charge in [-0.05, 0) is 34.4 Å². The van der Waals surface area contributed by atoms with E-state index in [2.05, 4.69) is 47.9 Å². The Morgan fingerprint density at radius 3 is 2.43 bits per heavy atom. The summed E-state index contributed by atoms with van der Waals surface area (Å²) >= 11 is 6.29. The largest absolute Gasteiger partial charge is 0.271 e. The number of nitrogens with one attached hydrogen (secondary N) is 1. The molecule has 3 aromatic carbocycles. The summed E-state index contributed by atoms with van der Waals surface area (Å²) in [5.41, 5.74) is 5.17. The monoisotopic (exact) mass is 296 g/mol. The molecule has 0 fully saturated rings. The highest BCUT2D eigenvalue weighted by Crippen LogP contribution is 2.28. The van der Waals surface area contributed by atoms with Gasteiger partial charge in [-0.2, -0.15) is 0 Å². The topological polar surface area (TPSA) is 38.0 Å². The molecule has 0 amide bonds. The van der Waals surface area contributed by atoms with Gasteiger partial charge in [-0.3, -0.25) is 11.3 Å². The van der Waals surface area contributed by atoms with Gasteiger partial charge in [-0.1, -0.05) is 72.3 Å². The number of rotatable bonds is 4. The molecule has 3 aromatic rings. The summed E-state index contributed by atoms with van der Waals surface area (Å²) in [6.45, 7) is 0. The highest BCUT2D eigenvalue weighted by atomic mass is 35.5. The van der Waals surface area contributed by atoms with Crippen LogP contribution in [0.3, 0.4) is 0 Å². The Bertz CT molecular complexity index is 750. The number of halogens is 1. The van der Waals surface area contributed by atoms with E-state index in [1.165, 1.54) is 16.3 Å². The van der Waals surface area contributed by atoms with E-state index in [0.717, 1.165) is 17.0 Å². The number of fused-ring (bicyclic) bond motifs is 1. The molecule has 0 bridgehead atoms. The molecule has 0 aliphatic carbocycles. The van der Waals surface area contributed by atoms with Gasteiger partial charge in [0.15, 0.2) is 0 Å². The van der Waals surface area contributed by atoms with Gasteiger partial charge in [0, 0.05) is 5.02 Å². The number of hydrogen-bond acceptors (Lipinski definition) is 2. The normalized spacial score (nSPS) is 12.5. The van der Waals surface area contributed by atoms with Gasteiger partial charge in [0.05, 0.1) is 6.04 Å². The van der Waals surface area contributed by atoms with Crippen LogP contribution in [-0.4, -0.2) is 0 Å². The van der Waals surface area contributed by atoms with E-state index in [0.29, 0.717) is 0 Å². The van der Waals surface area contributed by atoms with Crippen LogP contribution >= 0.6 is 11.6 Å². The summed E-state index contributed by atoms with van der Waals surface area (Å²) in [6, 6.07) is 22.5. The molecular formula is C18H17ClN2. The van der Waals surface area contributed by atoms with Crippen LogP contribution in [0, 0.1) is 0 Å². The Hall–Kier alpha value is -1.87. The summed E-state index contributed by atoms with van der Waals surface area (Å²) < 4.78 is 0. The lowest BCUT2D eigenvalue weighted by molar-refractivity contribution is 0.553. The van der Waals surface area contributed by atoms with Gasteiger partial charge in [-0.25, -0.2) is 0 Å². The van der Waals surface area contributed by atoms with Crippen LogP contribution in [0.5, 0.6) is 0 Å². The molecule has 0 heterocycles. The number of hydrazine groups is 1. The van der Waals surface area contributed by atoms with Crippen LogP contribution in [0.2, 0.25) is 5.02 Å². The van der Waals surface area contributed by atoms with E-state index in [4.69, 9.17) is 17.4 Å². The lowest BCUT2D eigenvalue weighted by Gasteiger charge is -2.18. The average Bonchev–Trinajstić information content (AvgIpc) is 2.53. The van der Waals surface area contributed by atoms with E-state index >= 15 is 0 Å². The van der Waals surface area contributed by atoms with Crippen molar-refractivity contribution < 1.29 is 0 Å². The van der Waals surface area contributed by atoms with Crippen molar-refractivity contribution in [1.29, 1.82) is 0 Å². The Labute approximate surface area is 129 Å². The highest BCUT2D eigenvalue weighted by Gasteiger charge is 2.14. The van der Waals surface area contributed by atoms with E-state index in [9.17, 15) is 0 Å². The first-order valence-electron chi connectivity index (χ1n) is 6.97. The van der Waals surface area contributed by atoms with Crippen molar-refractivity contribution in [2.45, 2.75) is 12.5 Å². The van der Waals surface area contributed by atoms with Crippen LogP contribution in [0.15, 0.2) is 66.7 Å². The Morgan fingerprint density at radius 2 is 1.62 bits per heavy atom. The van der Waals surface area contributed by atoms with Gasteiger partial charge in [0.2, 0.25) is 0 Å². The maximum Gasteiger partial charge on any atom is 0.0515 e. The van der Waals surface area contributed by atoms with Crippen LogP contribution in [0.25, 0.3) is 10.8 Å². The predicted octanol–water partition coefficient (Wildman–Crippen LogP) is 4.24. The van der Waals surface area contributed by atoms with Gasteiger partial charge >= 0.3 is 0 Å². The Balaban J connectivity index is 1.98. The van der Waals surface area contributed by atoms with Crippen LogP contribution in [-0.2, 0) is 6.42 Å². The zero-order chi connectivity index (χ0) is 14.7. The second-order valence-electron chi connectivity index (χ2n) is 5.08. The smallest absolute Gasteiger partial charge is 0.0515 e. The quantitative estimate of drug-likeness (QED) is 0.558. The minimum absolute atomic E-state index is 0.00972. The fraction of sp³-hybridized carbons (Fsp3) is 0.111. The van der Waals surface area contributed by atoms with Crippen molar-refractivity contribution in [3.8, 4) is 0 Å². The summed E-state index contributed by atoms with van der Waals surface area (Å²) in [4.78, 5) is 0. The van der Waals surface area contributed by atoms with E-state index in [1.807, 2.05) is 24.3 Å². The van der Waals surface area contributed by atoms with Gasteiger partial charge in [-0.15, -0.1) is 0 Å². The van der Waals surface area contributed by atoms with E-state index < -0.39 is 0 Å². The van der Waals surface area contributed by atoms with Crippen LogP contribution in [0.1, 0.15) is 17.2 Å². The molecule has 0 aliphatic heterocycles. The maximum absolute atomic E-state index is 6.29. The van der Waals surface area contributed by atoms with E-state index in [-0.39, 0.29) is 6.04 Å². The minimum atomic E-state index is -0.00972. The standard InChI is InChI=1S/C18H17ClN2/c19-17-11-4-3-10-16(17)18(21-20)12-14-8-5-7-13-6-1-2-9-15(13)14/h1-11,18,21H,12,20H2. The summed E-state index contributed by atoms with van der Waals surface area (Å²) in [7, 11) is 0. The summed E-state index contributed by atoms with van der Waals surface area (Å²) in [5, 5.41) is 3.23. The zero-order valence-electron chi connectivity index (χ0n) is 11.6. The molecule has 3 heteroatoms. The number of hydrogen-bond donors (Lipinski definition) is 2. The van der Waals surface area contributed by atoms with Crippen molar-refractivity contribution in [2.75, 3.05) is 0 Å². The van der Waals surface area contributed by atoms with Gasteiger partial charge in [0.25, 0.3) is 0 Å². The molecule has 2 nitrogen and oxygen atoms in total. The Morgan fingerprint density at radius 1 is 0.905 bits per heavy atom. The van der Waals surface area contributed by atoms with Crippen LogP contribution in [0.4, 0.5) is 0 Å². The van der Waals surface area contributed by atoms with Gasteiger partial charge < -0.3 is 0 Å². The highest BCUT2D eigenvalue weighted by molar-refractivity contribution is 6.31. The summed E-state index contributed by atoms with van der Waals surface area (Å²) in [6.07, 6.45) is 0.793. The SMILES string of the molecule is NNC(Cc1cccc2ccccc12)c1ccccc1Cl. The molecule has 0 saturated heterocycles. The fourth-order valence-electron chi connectivity index (χ4n) is 2.71. The molecular weight excluding hydrogens is 280 g/mol. The minimum Gasteiger partial charge on any atom is -0.271 e. The lowest BCUT2D eigenvalue weighted by Crippen LogP contribution is -2.29. The molecule has 0 aliphatic rings. The molecule has 0 aromatic heterocycles. The van der Waals surface area contributed by atoms with Crippen molar-refractivity contribution in [3.05, 3.63) is 82.9 Å². The maximum atomic E-state index is 6.29. The molecule has 0 radical (unpaired) electrons. The second-order valence-corrected chi connectivity index (χ2v) is 5.49. The fourth-order valence-corrected chi connectivity index (χ4v) is 2.97. The first kappa shape index (κ1) is 14.1. The lowest BCUT2D eigenvalue weighted by atomic mass is 9.95. The number of benzene rings is 3. The first-order chi connectivity index (χ1) is 10.3. The van der Waals surface area contributed by atoms with Crippen LogP contribution < -0.4 is 11.3 Å². The number of nitrogens with two attached hydrogens (primary N) is 1. The third-order valence-corrected chi connectivity index (χ3v) is 4.13. The van der Waals surface area contributed by atoms with Crippen molar-refractivity contribution in [2.24, 2.45) is 5.84 Å². The molecule has 106 valence electrons. The first-order valence-corrected chi connectivity index (χ1v) is 7.34. The van der Waals surface area contributed by atoms with Crippen molar-refractivity contribution in [3.63, 3.8) is 0 Å². The third-order valence-electron chi connectivity index (χ3n) is 3.79. The molecule has 1 atom stereocenters. The second kappa shape index (κ2) is 6.27. The molecule has 3 rings (SSSR count). The molecule has 0 saturated carbocycles. The molecule has 3 N–H and O–H groups in total. The molecule has 21 heavy (non-hydrogen) atoms. The van der Waals surface area contributed by atoms with E-state index in [1.54, 1.807) is 0 Å². The Kier molecular flexibility index (Phi) is 4.20. The van der Waals surface area contributed by atoms with Gasteiger partial charge in [0.1, 0.15) is 0 Å². The molecule has 0 spiro atoms. The van der Waals surface area contributed by atoms with Crippen molar-refractivity contribution >= 4 is 22.4 Å². The third kappa shape index (κ3) is 2.93. The predicted molar refractivity (Wildman–Crippen MR) is 89.2 cm³/mol. The summed E-state index contributed by atoms with van der Waals surface area (Å²) in [5.74, 6) is 5.76. The average molecular weight is 297 g/mol. The zero-order valence-corrected chi connectivity index (χ0v) is 12.3. The van der Waals surface area contributed by atoms with Crippen molar-refractivity contribution in [1.82, 2.24) is 5.43 Å².